The van der Waals surface area contributed by atoms with Crippen LogP contribution in [0.1, 0.15) is 31.9 Å². The van der Waals surface area contributed by atoms with E-state index in [9.17, 15) is 4.79 Å². The van der Waals surface area contributed by atoms with Crippen LogP contribution in [-0.4, -0.2) is 43.5 Å². The van der Waals surface area contributed by atoms with Crippen LogP contribution >= 0.6 is 12.2 Å². The van der Waals surface area contributed by atoms with Crippen molar-refractivity contribution >= 4 is 29.3 Å². The molecule has 0 bridgehead atoms. The second-order valence-corrected chi connectivity index (χ2v) is 6.75. The van der Waals surface area contributed by atoms with E-state index in [0.29, 0.717) is 18.3 Å². The summed E-state index contributed by atoms with van der Waals surface area (Å²) >= 11 is 5.11. The minimum absolute atomic E-state index is 0.0324. The molecule has 27 heavy (non-hydrogen) atoms. The van der Waals surface area contributed by atoms with E-state index in [4.69, 9.17) is 26.4 Å². The van der Waals surface area contributed by atoms with Crippen LogP contribution in [0.4, 0.5) is 0 Å². The van der Waals surface area contributed by atoms with E-state index >= 15 is 0 Å². The Labute approximate surface area is 165 Å². The van der Waals surface area contributed by atoms with Gasteiger partial charge in [0.25, 0.3) is 5.91 Å². The first kappa shape index (κ1) is 21.0. The van der Waals surface area contributed by atoms with Crippen molar-refractivity contribution < 1.29 is 19.0 Å². The van der Waals surface area contributed by atoms with E-state index in [0.717, 1.165) is 29.0 Å². The maximum absolute atomic E-state index is 12.0. The fourth-order valence-electron chi connectivity index (χ4n) is 2.74. The Kier molecular flexibility index (Phi) is 7.87. The number of benzene rings is 1. The Morgan fingerprint density at radius 1 is 1.44 bits per heavy atom. The van der Waals surface area contributed by atoms with Crippen LogP contribution in [0.5, 0.6) is 11.5 Å². The summed E-state index contributed by atoms with van der Waals surface area (Å²) in [4.78, 5) is 12.0. The molecule has 2 rings (SSSR count). The number of nitrogens with one attached hydrogen (secondary N) is 3. The molecule has 0 unspecified atom stereocenters. The number of hydrogen-bond acceptors (Lipinski definition) is 5. The molecule has 0 aliphatic carbocycles. The lowest BCUT2D eigenvalue weighted by atomic mass is 10.1. The summed E-state index contributed by atoms with van der Waals surface area (Å²) < 4.78 is 16.5. The third-order valence-electron chi connectivity index (χ3n) is 3.84. The number of fused-ring (bicyclic) bond motifs is 1. The SMILES string of the molecule is CCOc1cc2c(cc1/C=C/C(=O)NNC(=S)N[C@H](C)COC)O[C@@H](C)C2. The van der Waals surface area contributed by atoms with E-state index in [1.807, 2.05) is 32.9 Å². The zero-order valence-corrected chi connectivity index (χ0v) is 16.9. The molecule has 7 nitrogen and oxygen atoms in total. The predicted molar refractivity (Wildman–Crippen MR) is 109 cm³/mol. The normalized spacial score (nSPS) is 16.4. The zero-order valence-electron chi connectivity index (χ0n) is 16.1. The number of hydrazine groups is 1. The van der Waals surface area contributed by atoms with Gasteiger partial charge in [-0.15, -0.1) is 0 Å². The summed E-state index contributed by atoms with van der Waals surface area (Å²) in [7, 11) is 1.61. The number of rotatable bonds is 7. The van der Waals surface area contributed by atoms with Crippen LogP contribution in [0.25, 0.3) is 6.08 Å². The Bertz CT molecular complexity index is 708. The number of carbonyl (C=O) groups excluding carboxylic acids is 1. The Morgan fingerprint density at radius 3 is 2.93 bits per heavy atom. The molecule has 2 atom stereocenters. The molecule has 0 saturated carbocycles. The summed E-state index contributed by atoms with van der Waals surface area (Å²) in [6.07, 6.45) is 4.11. The van der Waals surface area contributed by atoms with Crippen molar-refractivity contribution in [3.8, 4) is 11.5 Å². The third kappa shape index (κ3) is 6.41. The number of amides is 1. The van der Waals surface area contributed by atoms with E-state index < -0.39 is 0 Å². The van der Waals surface area contributed by atoms with Crippen LogP contribution < -0.4 is 25.6 Å². The highest BCUT2D eigenvalue weighted by atomic mass is 32.1. The first-order chi connectivity index (χ1) is 12.9. The summed E-state index contributed by atoms with van der Waals surface area (Å²) in [5, 5.41) is 3.30. The molecule has 1 heterocycles. The zero-order chi connectivity index (χ0) is 19.8. The van der Waals surface area contributed by atoms with E-state index in [1.165, 1.54) is 6.08 Å². The summed E-state index contributed by atoms with van der Waals surface area (Å²) in [6.45, 7) is 6.93. The van der Waals surface area contributed by atoms with Crippen LogP contribution in [-0.2, 0) is 16.0 Å². The van der Waals surface area contributed by atoms with Crippen molar-refractivity contribution in [3.63, 3.8) is 0 Å². The second kappa shape index (κ2) is 10.1. The third-order valence-corrected chi connectivity index (χ3v) is 4.06. The molecule has 1 aromatic rings. The van der Waals surface area contributed by atoms with Gasteiger partial charge in [0.1, 0.15) is 17.6 Å². The van der Waals surface area contributed by atoms with Gasteiger partial charge in [0, 0.05) is 36.8 Å². The lowest BCUT2D eigenvalue weighted by Crippen LogP contribution is -2.49. The highest BCUT2D eigenvalue weighted by molar-refractivity contribution is 7.80. The van der Waals surface area contributed by atoms with Crippen LogP contribution in [0.3, 0.4) is 0 Å². The highest BCUT2D eigenvalue weighted by Gasteiger charge is 2.21. The molecule has 8 heteroatoms. The van der Waals surface area contributed by atoms with E-state index in [2.05, 4.69) is 16.2 Å². The minimum atomic E-state index is -0.337. The molecule has 3 N–H and O–H groups in total. The molecule has 0 saturated heterocycles. The van der Waals surface area contributed by atoms with Crippen LogP contribution in [0.15, 0.2) is 18.2 Å². The Morgan fingerprint density at radius 2 is 2.22 bits per heavy atom. The number of carbonyl (C=O) groups is 1. The lowest BCUT2D eigenvalue weighted by Gasteiger charge is -2.16. The van der Waals surface area contributed by atoms with Gasteiger partial charge in [-0.1, -0.05) is 0 Å². The average Bonchev–Trinajstić information content (AvgIpc) is 2.97. The van der Waals surface area contributed by atoms with E-state index in [-0.39, 0.29) is 18.1 Å². The quantitative estimate of drug-likeness (QED) is 0.371. The van der Waals surface area contributed by atoms with Gasteiger partial charge in [-0.05, 0) is 51.2 Å². The minimum Gasteiger partial charge on any atom is -0.493 e. The number of ether oxygens (including phenoxy) is 3. The molecule has 0 aromatic heterocycles. The summed E-state index contributed by atoms with van der Waals surface area (Å²) in [5.41, 5.74) is 7.08. The molecular weight excluding hydrogens is 366 g/mol. The van der Waals surface area contributed by atoms with Crippen molar-refractivity contribution in [2.75, 3.05) is 20.3 Å². The van der Waals surface area contributed by atoms with E-state index in [1.54, 1.807) is 13.2 Å². The molecule has 0 fully saturated rings. The number of thiocarbonyl (C=S) groups is 1. The predicted octanol–water partition coefficient (Wildman–Crippen LogP) is 1.95. The van der Waals surface area contributed by atoms with Crippen molar-refractivity contribution in [1.82, 2.24) is 16.2 Å². The van der Waals surface area contributed by atoms with Crippen molar-refractivity contribution in [2.45, 2.75) is 39.3 Å². The van der Waals surface area contributed by atoms with Crippen molar-refractivity contribution in [2.24, 2.45) is 0 Å². The van der Waals surface area contributed by atoms with Crippen LogP contribution in [0, 0.1) is 0 Å². The van der Waals surface area contributed by atoms with Gasteiger partial charge in [-0.2, -0.15) is 0 Å². The summed E-state index contributed by atoms with van der Waals surface area (Å²) in [5.74, 6) is 1.23. The molecule has 0 radical (unpaired) electrons. The topological polar surface area (TPSA) is 80.9 Å². The molecule has 1 aromatic carbocycles. The monoisotopic (exact) mass is 393 g/mol. The molecule has 1 amide bonds. The van der Waals surface area contributed by atoms with Gasteiger partial charge < -0.3 is 19.5 Å². The number of hydrogen-bond donors (Lipinski definition) is 3. The lowest BCUT2D eigenvalue weighted by molar-refractivity contribution is -0.116. The fourth-order valence-corrected chi connectivity index (χ4v) is 3.00. The van der Waals surface area contributed by atoms with Crippen molar-refractivity contribution in [1.29, 1.82) is 0 Å². The molecule has 0 spiro atoms. The molecule has 1 aliphatic rings. The fraction of sp³-hybridized carbons (Fsp3) is 0.474. The average molecular weight is 394 g/mol. The van der Waals surface area contributed by atoms with Gasteiger partial charge in [-0.25, -0.2) is 0 Å². The molecule has 1 aliphatic heterocycles. The highest BCUT2D eigenvalue weighted by Crippen LogP contribution is 2.35. The van der Waals surface area contributed by atoms with Gasteiger partial charge in [0.15, 0.2) is 5.11 Å². The maximum atomic E-state index is 12.0. The summed E-state index contributed by atoms with van der Waals surface area (Å²) in [6, 6.07) is 3.92. The maximum Gasteiger partial charge on any atom is 0.262 e. The molecular formula is C19H27N3O4S. The largest absolute Gasteiger partial charge is 0.493 e. The standard InChI is InChI=1S/C19H27N3O4S/c1-5-25-16-10-15-8-13(3)26-17(15)9-14(16)6-7-18(23)21-22-19(27)20-12(2)11-24-4/h6-7,9-10,12-13H,5,8,11H2,1-4H3,(H,21,23)(H2,20,22,27)/b7-6+/t12-,13+/m1/s1. The number of methoxy groups -OCH3 is 1. The van der Waals surface area contributed by atoms with Crippen LogP contribution in [0.2, 0.25) is 0 Å². The Hall–Kier alpha value is -2.32. The molecule has 148 valence electrons. The smallest absolute Gasteiger partial charge is 0.262 e. The van der Waals surface area contributed by atoms with Crippen molar-refractivity contribution in [3.05, 3.63) is 29.3 Å². The van der Waals surface area contributed by atoms with Gasteiger partial charge in [-0.3, -0.25) is 15.6 Å². The Balaban J connectivity index is 1.95. The van der Waals surface area contributed by atoms with Gasteiger partial charge >= 0.3 is 0 Å². The van der Waals surface area contributed by atoms with Gasteiger partial charge in [0.2, 0.25) is 0 Å². The first-order valence-corrected chi connectivity index (χ1v) is 9.33. The first-order valence-electron chi connectivity index (χ1n) is 8.92. The van der Waals surface area contributed by atoms with Gasteiger partial charge in [0.05, 0.1) is 13.2 Å². The second-order valence-electron chi connectivity index (χ2n) is 6.34.